The first-order valence-electron chi connectivity index (χ1n) is 5.95. The Labute approximate surface area is 105 Å². The molecule has 0 radical (unpaired) electrons. The molecular formula is C13H17BrN2. The van der Waals surface area contributed by atoms with E-state index in [9.17, 15) is 0 Å². The summed E-state index contributed by atoms with van der Waals surface area (Å²) in [5.41, 5.74) is 3.06. The molecule has 1 atom stereocenters. The van der Waals surface area contributed by atoms with Gasteiger partial charge in [-0.05, 0) is 30.7 Å². The minimum absolute atomic E-state index is 0.595. The number of benzene rings is 1. The van der Waals surface area contributed by atoms with Crippen molar-refractivity contribution in [2.75, 3.05) is 33.2 Å². The molecule has 2 nitrogen and oxygen atoms in total. The summed E-state index contributed by atoms with van der Waals surface area (Å²) in [5, 5.41) is 0. The smallest absolute Gasteiger partial charge is 0.0489 e. The van der Waals surface area contributed by atoms with Crippen LogP contribution in [0.5, 0.6) is 0 Å². The van der Waals surface area contributed by atoms with Crippen LogP contribution in [0.25, 0.3) is 0 Å². The lowest BCUT2D eigenvalue weighted by molar-refractivity contribution is 0.0821. The van der Waals surface area contributed by atoms with Crippen LogP contribution in [0.2, 0.25) is 0 Å². The van der Waals surface area contributed by atoms with Gasteiger partial charge in [-0.1, -0.05) is 28.1 Å². The third kappa shape index (κ3) is 1.71. The largest absolute Gasteiger partial charge is 0.303 e. The Kier molecular flexibility index (Phi) is 2.78. The fourth-order valence-corrected chi connectivity index (χ4v) is 3.61. The first-order chi connectivity index (χ1) is 7.75. The van der Waals surface area contributed by atoms with E-state index >= 15 is 0 Å². The minimum Gasteiger partial charge on any atom is -0.303 e. The van der Waals surface area contributed by atoms with Crippen molar-refractivity contribution in [3.05, 3.63) is 33.8 Å². The SMILES string of the molecule is CN1CCN2CCc3cccc(Br)c3C2C1. The Bertz CT molecular complexity index is 405. The molecule has 0 saturated carbocycles. The van der Waals surface area contributed by atoms with Crippen LogP contribution in [0.1, 0.15) is 17.2 Å². The highest BCUT2D eigenvalue weighted by atomic mass is 79.9. The summed E-state index contributed by atoms with van der Waals surface area (Å²) in [4.78, 5) is 5.07. The highest BCUT2D eigenvalue weighted by molar-refractivity contribution is 9.10. The Balaban J connectivity index is 2.02. The van der Waals surface area contributed by atoms with Crippen LogP contribution < -0.4 is 0 Å². The number of likely N-dealkylation sites (N-methyl/N-ethyl adjacent to an activating group) is 1. The molecule has 0 bridgehead atoms. The Hall–Kier alpha value is -0.380. The third-order valence-corrected chi connectivity index (χ3v) is 4.53. The molecule has 16 heavy (non-hydrogen) atoms. The average Bonchev–Trinajstić information content (AvgIpc) is 2.28. The molecule has 1 unspecified atom stereocenters. The minimum atomic E-state index is 0.595. The Morgan fingerprint density at radius 1 is 1.25 bits per heavy atom. The summed E-state index contributed by atoms with van der Waals surface area (Å²) in [6.07, 6.45) is 1.20. The van der Waals surface area contributed by atoms with Gasteiger partial charge in [0.05, 0.1) is 0 Å². The van der Waals surface area contributed by atoms with E-state index in [-0.39, 0.29) is 0 Å². The molecule has 0 amide bonds. The van der Waals surface area contributed by atoms with Gasteiger partial charge in [0.2, 0.25) is 0 Å². The molecule has 1 fully saturated rings. The van der Waals surface area contributed by atoms with E-state index in [2.05, 4.69) is 51.0 Å². The molecule has 2 aliphatic heterocycles. The first kappa shape index (κ1) is 10.8. The van der Waals surface area contributed by atoms with Gasteiger partial charge in [0.15, 0.2) is 0 Å². The van der Waals surface area contributed by atoms with Crippen LogP contribution in [0.4, 0.5) is 0 Å². The lowest BCUT2D eigenvalue weighted by atomic mass is 9.91. The summed E-state index contributed by atoms with van der Waals surface area (Å²) in [6, 6.07) is 7.21. The molecule has 86 valence electrons. The topological polar surface area (TPSA) is 6.48 Å². The zero-order valence-corrected chi connectivity index (χ0v) is 11.2. The van der Waals surface area contributed by atoms with Crippen molar-refractivity contribution in [2.45, 2.75) is 12.5 Å². The average molecular weight is 281 g/mol. The zero-order valence-electron chi connectivity index (χ0n) is 9.62. The monoisotopic (exact) mass is 280 g/mol. The summed E-state index contributed by atoms with van der Waals surface area (Å²) < 4.78 is 1.29. The molecule has 2 heterocycles. The lowest BCUT2D eigenvalue weighted by Gasteiger charge is -2.44. The molecule has 1 aromatic carbocycles. The number of halogens is 1. The number of nitrogens with zero attached hydrogens (tertiary/aromatic N) is 2. The second-order valence-corrected chi connectivity index (χ2v) is 5.73. The summed E-state index contributed by atoms with van der Waals surface area (Å²) in [5.74, 6) is 0. The van der Waals surface area contributed by atoms with Crippen molar-refractivity contribution in [1.82, 2.24) is 9.80 Å². The van der Waals surface area contributed by atoms with Crippen LogP contribution in [0.3, 0.4) is 0 Å². The van der Waals surface area contributed by atoms with Crippen molar-refractivity contribution in [2.24, 2.45) is 0 Å². The normalized spacial score (nSPS) is 26.2. The summed E-state index contributed by atoms with van der Waals surface area (Å²) >= 11 is 3.72. The number of fused-ring (bicyclic) bond motifs is 3. The van der Waals surface area contributed by atoms with E-state index < -0.39 is 0 Å². The van der Waals surface area contributed by atoms with Crippen molar-refractivity contribution in [1.29, 1.82) is 0 Å². The van der Waals surface area contributed by atoms with E-state index in [0.717, 1.165) is 6.54 Å². The molecule has 0 aliphatic carbocycles. The van der Waals surface area contributed by atoms with Gasteiger partial charge >= 0.3 is 0 Å². The van der Waals surface area contributed by atoms with Crippen LogP contribution in [0.15, 0.2) is 22.7 Å². The van der Waals surface area contributed by atoms with E-state index in [4.69, 9.17) is 0 Å². The van der Waals surface area contributed by atoms with E-state index in [1.165, 1.54) is 41.7 Å². The van der Waals surface area contributed by atoms with Gasteiger partial charge in [0, 0.05) is 36.7 Å². The molecule has 0 aromatic heterocycles. The molecule has 0 N–H and O–H groups in total. The highest BCUT2D eigenvalue weighted by Crippen LogP contribution is 2.36. The first-order valence-corrected chi connectivity index (χ1v) is 6.75. The van der Waals surface area contributed by atoms with Gasteiger partial charge in [-0.2, -0.15) is 0 Å². The molecule has 0 spiro atoms. The van der Waals surface area contributed by atoms with Gasteiger partial charge in [-0.15, -0.1) is 0 Å². The Morgan fingerprint density at radius 2 is 2.12 bits per heavy atom. The van der Waals surface area contributed by atoms with Crippen molar-refractivity contribution in [3.8, 4) is 0 Å². The van der Waals surface area contributed by atoms with E-state index in [0.29, 0.717) is 6.04 Å². The standard InChI is InChI=1S/C13H17BrN2/c1-15-7-8-16-6-5-10-3-2-4-11(14)13(10)12(16)9-15/h2-4,12H,5-9H2,1H3. The van der Waals surface area contributed by atoms with Crippen molar-refractivity contribution >= 4 is 15.9 Å². The zero-order chi connectivity index (χ0) is 11.1. The fraction of sp³-hybridized carbons (Fsp3) is 0.538. The highest BCUT2D eigenvalue weighted by Gasteiger charge is 2.32. The Morgan fingerprint density at radius 3 is 3.00 bits per heavy atom. The molecule has 1 saturated heterocycles. The molecule has 1 aromatic rings. The second kappa shape index (κ2) is 4.13. The van der Waals surface area contributed by atoms with Crippen LogP contribution in [-0.4, -0.2) is 43.0 Å². The summed E-state index contributed by atoms with van der Waals surface area (Å²) in [7, 11) is 2.22. The summed E-state index contributed by atoms with van der Waals surface area (Å²) in [6.45, 7) is 4.80. The van der Waals surface area contributed by atoms with Gasteiger partial charge in [0.1, 0.15) is 0 Å². The van der Waals surface area contributed by atoms with E-state index in [1.54, 1.807) is 0 Å². The van der Waals surface area contributed by atoms with Gasteiger partial charge in [0.25, 0.3) is 0 Å². The molecule has 3 heteroatoms. The van der Waals surface area contributed by atoms with Crippen LogP contribution >= 0.6 is 15.9 Å². The number of rotatable bonds is 0. The third-order valence-electron chi connectivity index (χ3n) is 3.84. The maximum Gasteiger partial charge on any atom is 0.0489 e. The number of hydrogen-bond donors (Lipinski definition) is 0. The molecule has 2 aliphatic rings. The van der Waals surface area contributed by atoms with E-state index in [1.807, 2.05) is 0 Å². The van der Waals surface area contributed by atoms with Crippen molar-refractivity contribution < 1.29 is 0 Å². The number of hydrogen-bond acceptors (Lipinski definition) is 2. The fourth-order valence-electron chi connectivity index (χ4n) is 2.94. The van der Waals surface area contributed by atoms with Gasteiger partial charge in [-0.25, -0.2) is 0 Å². The predicted molar refractivity (Wildman–Crippen MR) is 69.7 cm³/mol. The van der Waals surface area contributed by atoms with Crippen LogP contribution in [-0.2, 0) is 6.42 Å². The predicted octanol–water partition coefficient (Wildman–Crippen LogP) is 2.29. The van der Waals surface area contributed by atoms with Gasteiger partial charge < -0.3 is 4.90 Å². The maximum absolute atomic E-state index is 3.72. The van der Waals surface area contributed by atoms with Gasteiger partial charge in [-0.3, -0.25) is 4.90 Å². The molecular weight excluding hydrogens is 264 g/mol. The number of piperazine rings is 1. The quantitative estimate of drug-likeness (QED) is 0.720. The lowest BCUT2D eigenvalue weighted by Crippen LogP contribution is -2.49. The van der Waals surface area contributed by atoms with Crippen molar-refractivity contribution in [3.63, 3.8) is 0 Å². The second-order valence-electron chi connectivity index (χ2n) is 4.88. The molecule has 3 rings (SSSR count). The van der Waals surface area contributed by atoms with Crippen LogP contribution in [0, 0.1) is 0 Å². The maximum atomic E-state index is 3.72.